The Morgan fingerprint density at radius 3 is 1.27 bits per heavy atom. The van der Waals surface area contributed by atoms with Crippen LogP contribution in [0.25, 0.3) is 0 Å². The van der Waals surface area contributed by atoms with Crippen molar-refractivity contribution < 1.29 is 38.2 Å². The summed E-state index contributed by atoms with van der Waals surface area (Å²) in [7, 11) is 0. The van der Waals surface area contributed by atoms with Gasteiger partial charge in [-0.3, -0.25) is 14.4 Å². The maximum Gasteiger partial charge on any atom is 0.407 e. The van der Waals surface area contributed by atoms with Gasteiger partial charge in [0.2, 0.25) is 0 Å². The molecule has 37 heavy (non-hydrogen) atoms. The first-order valence-electron chi connectivity index (χ1n) is 12.3. The third-order valence-corrected chi connectivity index (χ3v) is 4.90. The zero-order chi connectivity index (χ0) is 29.4. The van der Waals surface area contributed by atoms with Crippen molar-refractivity contribution >= 4 is 51.2 Å². The van der Waals surface area contributed by atoms with Crippen molar-refractivity contribution in [3.05, 3.63) is 0 Å². The smallest absolute Gasteiger partial charge is 0.407 e. The molecule has 0 aromatic heterocycles. The van der Waals surface area contributed by atoms with Gasteiger partial charge in [-0.15, -0.1) is 0 Å². The van der Waals surface area contributed by atoms with E-state index in [4.69, 9.17) is 9.47 Å². The first kappa shape index (κ1) is 36.9. The summed E-state index contributed by atoms with van der Waals surface area (Å²) in [5.74, 6) is 0.0149. The molecule has 0 rings (SSSR count). The van der Waals surface area contributed by atoms with E-state index in [1.165, 1.54) is 20.8 Å². The largest absolute Gasteiger partial charge is 0.444 e. The number of carbonyl (C=O) groups is 6. The van der Waals surface area contributed by atoms with E-state index in [2.05, 4.69) is 26.6 Å². The van der Waals surface area contributed by atoms with Crippen LogP contribution in [0.2, 0.25) is 0 Å². The van der Waals surface area contributed by atoms with E-state index in [-0.39, 0.29) is 53.4 Å². The van der Waals surface area contributed by atoms with Crippen molar-refractivity contribution in [2.75, 3.05) is 5.33 Å². The number of ether oxygens (including phenoxy) is 2. The predicted octanol–water partition coefficient (Wildman–Crippen LogP) is 4.83. The van der Waals surface area contributed by atoms with E-state index in [0.29, 0.717) is 25.7 Å². The average Bonchev–Trinajstić information content (AvgIpc) is 2.66. The van der Waals surface area contributed by atoms with Gasteiger partial charge in [0, 0.05) is 37.8 Å². The predicted molar refractivity (Wildman–Crippen MR) is 145 cm³/mol. The first-order valence-corrected chi connectivity index (χ1v) is 13.4. The molecule has 0 aliphatic carbocycles. The first-order chi connectivity index (χ1) is 16.7. The monoisotopic (exact) mass is 592 g/mol. The second-order valence-electron chi connectivity index (χ2n) is 11.0. The summed E-state index contributed by atoms with van der Waals surface area (Å²) in [4.78, 5) is 67.6. The van der Waals surface area contributed by atoms with Crippen LogP contribution in [0.4, 0.5) is 9.59 Å². The van der Waals surface area contributed by atoms with Crippen LogP contribution >= 0.6 is 15.9 Å². The van der Waals surface area contributed by atoms with E-state index in [1.54, 1.807) is 41.5 Å². The van der Waals surface area contributed by atoms with Crippen molar-refractivity contribution in [1.29, 1.82) is 0 Å². The van der Waals surface area contributed by atoms with Gasteiger partial charge in [-0.2, -0.15) is 0 Å². The van der Waals surface area contributed by atoms with Crippen molar-refractivity contribution in [1.82, 2.24) is 10.6 Å². The van der Waals surface area contributed by atoms with Crippen LogP contribution in [0.15, 0.2) is 0 Å². The maximum atomic E-state index is 11.6. The van der Waals surface area contributed by atoms with Gasteiger partial charge in [0.1, 0.15) is 34.3 Å². The van der Waals surface area contributed by atoms with Crippen LogP contribution in [0.5, 0.6) is 0 Å². The Labute approximate surface area is 229 Å². The molecule has 0 aliphatic rings. The summed E-state index contributed by atoms with van der Waals surface area (Å²) in [6.45, 7) is 15.0. The topological polar surface area (TPSA) is 145 Å². The van der Waals surface area contributed by atoms with E-state index in [1.807, 2.05) is 0 Å². The van der Waals surface area contributed by atoms with Crippen LogP contribution in [-0.4, -0.2) is 63.9 Å². The molecule has 0 aromatic carbocycles. The fourth-order valence-corrected chi connectivity index (χ4v) is 3.15. The van der Waals surface area contributed by atoms with Gasteiger partial charge in [-0.05, 0) is 75.2 Å². The number of carbonyl (C=O) groups excluding carboxylic acids is 6. The van der Waals surface area contributed by atoms with Crippen molar-refractivity contribution in [3.8, 4) is 0 Å². The van der Waals surface area contributed by atoms with Gasteiger partial charge in [0.15, 0.2) is 0 Å². The molecule has 0 heterocycles. The molecule has 2 atom stereocenters. The number of hydrogen-bond donors (Lipinski definition) is 2. The molecular weight excluding hydrogens is 548 g/mol. The van der Waals surface area contributed by atoms with Gasteiger partial charge < -0.3 is 24.9 Å². The Morgan fingerprint density at radius 1 is 0.649 bits per heavy atom. The number of hydrogen-bond acceptors (Lipinski definition) is 8. The lowest BCUT2D eigenvalue weighted by Crippen LogP contribution is -2.40. The van der Waals surface area contributed by atoms with Crippen LogP contribution in [0.1, 0.15) is 101 Å². The maximum absolute atomic E-state index is 11.6. The fourth-order valence-electron chi connectivity index (χ4n) is 2.87. The van der Waals surface area contributed by atoms with E-state index in [0.717, 1.165) is 0 Å². The highest BCUT2D eigenvalue weighted by atomic mass is 79.9. The Kier molecular flexibility index (Phi) is 18.0. The molecule has 0 aliphatic heterocycles. The summed E-state index contributed by atoms with van der Waals surface area (Å²) in [6, 6.07) is -0.711. The molecule has 0 aromatic rings. The van der Waals surface area contributed by atoms with Crippen LogP contribution in [0.3, 0.4) is 0 Å². The molecular formula is C26H45BrN2O8. The highest BCUT2D eigenvalue weighted by molar-refractivity contribution is 9.09. The quantitative estimate of drug-likeness (QED) is 0.289. The average molecular weight is 594 g/mol. The Hall–Kier alpha value is -2.30. The Bertz CT molecular complexity index is 784. The second-order valence-corrected chi connectivity index (χ2v) is 11.5. The third kappa shape index (κ3) is 26.6. The fraction of sp³-hybridized carbons (Fsp3) is 0.769. The minimum absolute atomic E-state index is 0.0281. The number of nitrogens with one attached hydrogen (secondary N) is 2. The Balaban J connectivity index is 0. The lowest BCUT2D eigenvalue weighted by molar-refractivity contribution is -0.119. The standard InChI is InChI=1S/C13H22BrNO4.C13H23NO4/c1-9(16)7-10(5-6-11(17)8-14)15-12(18)19-13(2,3)4;1-9(15)6-7-11(8-10(2)16)14-12(17)18-13(3,4)5/h10H,5-8H2,1-4H3,(H,15,18);11H,6-8H2,1-5H3,(H,14,17)/t10-;11-/m11/s1. The van der Waals surface area contributed by atoms with Crippen molar-refractivity contribution in [2.24, 2.45) is 0 Å². The van der Waals surface area contributed by atoms with Gasteiger partial charge in [0.05, 0.1) is 5.33 Å². The number of Topliss-reactive ketones (excluding diaryl/α,β-unsaturated/α-hetero) is 4. The van der Waals surface area contributed by atoms with E-state index < -0.39 is 23.4 Å². The molecule has 0 saturated heterocycles. The lowest BCUT2D eigenvalue weighted by Gasteiger charge is -2.23. The van der Waals surface area contributed by atoms with Crippen molar-refractivity contribution in [3.63, 3.8) is 0 Å². The molecule has 0 fully saturated rings. The summed E-state index contributed by atoms with van der Waals surface area (Å²) < 4.78 is 10.2. The number of ketones is 4. The van der Waals surface area contributed by atoms with Gasteiger partial charge in [-0.25, -0.2) is 9.59 Å². The molecule has 2 N–H and O–H groups in total. The molecule has 0 radical (unpaired) electrons. The van der Waals surface area contributed by atoms with Crippen LogP contribution in [0, 0.1) is 0 Å². The number of alkyl halides is 1. The second kappa shape index (κ2) is 18.0. The number of alkyl carbamates (subject to hydrolysis) is 2. The van der Waals surface area contributed by atoms with Gasteiger partial charge in [0.25, 0.3) is 0 Å². The summed E-state index contributed by atoms with van der Waals surface area (Å²) >= 11 is 3.08. The normalized spacial score (nSPS) is 12.7. The molecule has 11 heteroatoms. The molecule has 0 bridgehead atoms. The summed E-state index contributed by atoms with van der Waals surface area (Å²) in [5, 5.41) is 5.54. The Morgan fingerprint density at radius 2 is 1.00 bits per heavy atom. The van der Waals surface area contributed by atoms with Gasteiger partial charge in [-0.1, -0.05) is 15.9 Å². The minimum atomic E-state index is -0.587. The van der Waals surface area contributed by atoms with Gasteiger partial charge >= 0.3 is 12.2 Å². The molecule has 0 saturated carbocycles. The molecule has 0 spiro atoms. The van der Waals surface area contributed by atoms with E-state index >= 15 is 0 Å². The highest BCUT2D eigenvalue weighted by Gasteiger charge is 2.22. The van der Waals surface area contributed by atoms with Crippen LogP contribution in [-0.2, 0) is 28.7 Å². The summed E-state index contributed by atoms with van der Waals surface area (Å²) in [5.41, 5.74) is -1.16. The zero-order valence-corrected chi connectivity index (χ0v) is 25.3. The number of amides is 2. The SMILES string of the molecule is CC(=O)CC[C@H](CC(C)=O)NC(=O)OC(C)(C)C.CC(=O)C[C@@H](CCC(=O)CBr)NC(=O)OC(C)(C)C. The molecule has 10 nitrogen and oxygen atoms in total. The number of halogens is 1. The van der Waals surface area contributed by atoms with E-state index in [9.17, 15) is 28.8 Å². The molecule has 214 valence electrons. The summed E-state index contributed by atoms with van der Waals surface area (Å²) in [6.07, 6.45) is 0.841. The number of rotatable bonds is 13. The van der Waals surface area contributed by atoms with Crippen molar-refractivity contribution in [2.45, 2.75) is 124 Å². The highest BCUT2D eigenvalue weighted by Crippen LogP contribution is 2.11. The van der Waals surface area contributed by atoms with Crippen LogP contribution < -0.4 is 10.6 Å². The molecule has 0 unspecified atom stereocenters. The lowest BCUT2D eigenvalue weighted by atomic mass is 10.0. The molecule has 2 amide bonds. The zero-order valence-electron chi connectivity index (χ0n) is 23.7. The minimum Gasteiger partial charge on any atom is -0.444 e. The third-order valence-electron chi connectivity index (χ3n) is 4.27.